The summed E-state index contributed by atoms with van der Waals surface area (Å²) in [4.78, 5) is 38.1. The third kappa shape index (κ3) is 53.2. The van der Waals surface area contributed by atoms with Crippen LogP contribution in [0.2, 0.25) is 0 Å². The van der Waals surface area contributed by atoms with Crippen molar-refractivity contribution in [1.29, 1.82) is 0 Å². The highest BCUT2D eigenvalue weighted by atomic mass is 16.6. The fourth-order valence-corrected chi connectivity index (χ4v) is 7.44. The minimum Gasteiger partial charge on any atom is -0.462 e. The van der Waals surface area contributed by atoms with Gasteiger partial charge in [0.2, 0.25) is 0 Å². The summed E-state index contributed by atoms with van der Waals surface area (Å²) in [6, 6.07) is 0. The van der Waals surface area contributed by atoms with Gasteiger partial charge in [0, 0.05) is 19.3 Å². The van der Waals surface area contributed by atoms with Crippen LogP contribution in [0.3, 0.4) is 0 Å². The molecule has 67 heavy (non-hydrogen) atoms. The van der Waals surface area contributed by atoms with Crippen LogP contribution in [0.4, 0.5) is 0 Å². The molecule has 0 aromatic heterocycles. The summed E-state index contributed by atoms with van der Waals surface area (Å²) < 4.78 is 16.8. The lowest BCUT2D eigenvalue weighted by Crippen LogP contribution is -2.30. The van der Waals surface area contributed by atoms with E-state index in [9.17, 15) is 14.4 Å². The molecule has 0 aliphatic heterocycles. The maximum atomic E-state index is 12.8. The maximum absolute atomic E-state index is 12.8. The smallest absolute Gasteiger partial charge is 0.306 e. The topological polar surface area (TPSA) is 78.9 Å². The number of carbonyl (C=O) groups excluding carboxylic acids is 3. The SMILES string of the molecule is CC/C=C\C/C=C\C/C=C\C/C=C\CCCCCCCCC(=O)OCC(COC(=O)CCCCC/C=C\CCCCCCCCC)OC(=O)CCCCCCCC/C=C\C/C=C\C/C=C\CC. The molecule has 382 valence electrons. The molecule has 1 unspecified atom stereocenters. The molecule has 0 spiro atoms. The third-order valence-corrected chi connectivity index (χ3v) is 11.6. The van der Waals surface area contributed by atoms with E-state index in [2.05, 4.69) is 118 Å². The number of hydrogen-bond donors (Lipinski definition) is 0. The largest absolute Gasteiger partial charge is 0.462 e. The van der Waals surface area contributed by atoms with Gasteiger partial charge in [0.15, 0.2) is 6.10 Å². The average Bonchev–Trinajstić information content (AvgIpc) is 3.33. The van der Waals surface area contributed by atoms with Gasteiger partial charge in [0.05, 0.1) is 0 Å². The monoisotopic (exact) mass is 931 g/mol. The molecule has 0 radical (unpaired) electrons. The van der Waals surface area contributed by atoms with Gasteiger partial charge in [-0.3, -0.25) is 14.4 Å². The molecule has 0 N–H and O–H groups in total. The van der Waals surface area contributed by atoms with Crippen molar-refractivity contribution < 1.29 is 28.6 Å². The van der Waals surface area contributed by atoms with E-state index in [1.807, 2.05) is 0 Å². The van der Waals surface area contributed by atoms with E-state index in [0.717, 1.165) is 141 Å². The van der Waals surface area contributed by atoms with Crippen LogP contribution in [-0.2, 0) is 28.6 Å². The first-order chi connectivity index (χ1) is 33.0. The van der Waals surface area contributed by atoms with Crippen molar-refractivity contribution in [3.05, 3.63) is 97.2 Å². The Kier molecular flexibility index (Phi) is 51.9. The van der Waals surface area contributed by atoms with Gasteiger partial charge in [-0.25, -0.2) is 0 Å². The Balaban J connectivity index is 4.45. The summed E-state index contributed by atoms with van der Waals surface area (Å²) in [5.41, 5.74) is 0. The molecule has 0 saturated carbocycles. The van der Waals surface area contributed by atoms with Crippen LogP contribution in [0.15, 0.2) is 97.2 Å². The first kappa shape index (κ1) is 63.3. The highest BCUT2D eigenvalue weighted by molar-refractivity contribution is 5.71. The van der Waals surface area contributed by atoms with Gasteiger partial charge in [0.1, 0.15) is 13.2 Å². The standard InChI is InChI=1S/C61H102O6/c1-4-7-10-13-16-19-22-25-28-30-31-32-34-36-39-42-45-48-51-54-60(63)66-57-58(56-65-59(62)53-50-47-44-41-38-35-27-24-21-18-15-12-9-6-3)67-61(64)55-52-49-46-43-40-37-33-29-26-23-20-17-14-11-8-5-2/h7-8,10-11,16-17,19-20,25-26,28-29,31-32,35,38,58H,4-6,9,12-15,18,21-24,27,30,33-34,36-37,39-57H2,1-3H3/b10-7-,11-8-,19-16-,20-17-,28-25-,29-26-,32-31-,38-35-. The number of rotatable bonds is 49. The van der Waals surface area contributed by atoms with Crippen LogP contribution in [0.1, 0.15) is 252 Å². The van der Waals surface area contributed by atoms with E-state index >= 15 is 0 Å². The van der Waals surface area contributed by atoms with Gasteiger partial charge in [-0.05, 0) is 116 Å². The molecule has 0 saturated heterocycles. The maximum Gasteiger partial charge on any atom is 0.306 e. The lowest BCUT2D eigenvalue weighted by Gasteiger charge is -2.18. The molecular weight excluding hydrogens is 829 g/mol. The van der Waals surface area contributed by atoms with Crippen LogP contribution >= 0.6 is 0 Å². The highest BCUT2D eigenvalue weighted by Gasteiger charge is 2.19. The quantitative estimate of drug-likeness (QED) is 0.0262. The molecule has 6 nitrogen and oxygen atoms in total. The van der Waals surface area contributed by atoms with Crippen LogP contribution < -0.4 is 0 Å². The first-order valence-electron chi connectivity index (χ1n) is 27.7. The third-order valence-electron chi connectivity index (χ3n) is 11.6. The van der Waals surface area contributed by atoms with E-state index in [1.54, 1.807) is 0 Å². The fourth-order valence-electron chi connectivity index (χ4n) is 7.44. The lowest BCUT2D eigenvalue weighted by atomic mass is 10.1. The zero-order valence-electron chi connectivity index (χ0n) is 43.6. The van der Waals surface area contributed by atoms with Gasteiger partial charge in [-0.15, -0.1) is 0 Å². The molecule has 0 rings (SSSR count). The number of carbonyl (C=O) groups is 3. The summed E-state index contributed by atoms with van der Waals surface area (Å²) in [6.07, 6.45) is 72.5. The first-order valence-corrected chi connectivity index (χ1v) is 27.7. The minimum atomic E-state index is -0.798. The molecule has 0 bridgehead atoms. The molecule has 0 fully saturated rings. The Labute approximate surface area is 413 Å². The average molecular weight is 931 g/mol. The van der Waals surface area contributed by atoms with Gasteiger partial charge >= 0.3 is 17.9 Å². The minimum absolute atomic E-state index is 0.0959. The molecule has 0 heterocycles. The van der Waals surface area contributed by atoms with Crippen LogP contribution in [0, 0.1) is 0 Å². The Morgan fingerprint density at radius 1 is 0.313 bits per heavy atom. The van der Waals surface area contributed by atoms with Crippen molar-refractivity contribution >= 4 is 17.9 Å². The normalized spacial score (nSPS) is 12.8. The fraction of sp³-hybridized carbons (Fsp3) is 0.689. The number of unbranched alkanes of at least 4 members (excludes halogenated alkanes) is 22. The molecule has 0 aliphatic rings. The second kappa shape index (κ2) is 54.9. The predicted molar refractivity (Wildman–Crippen MR) is 288 cm³/mol. The summed E-state index contributed by atoms with van der Waals surface area (Å²) in [7, 11) is 0. The van der Waals surface area contributed by atoms with Crippen molar-refractivity contribution in [3.63, 3.8) is 0 Å². The molecule has 0 amide bonds. The number of ether oxygens (including phenoxy) is 3. The molecule has 6 heteroatoms. The van der Waals surface area contributed by atoms with E-state index in [1.165, 1.54) is 70.6 Å². The predicted octanol–water partition coefficient (Wildman–Crippen LogP) is 18.5. The van der Waals surface area contributed by atoms with Crippen LogP contribution in [-0.4, -0.2) is 37.2 Å². The molecular formula is C61H102O6. The van der Waals surface area contributed by atoms with E-state index in [-0.39, 0.29) is 31.1 Å². The van der Waals surface area contributed by atoms with E-state index < -0.39 is 6.10 Å². The number of esters is 3. The number of hydrogen-bond acceptors (Lipinski definition) is 6. The lowest BCUT2D eigenvalue weighted by molar-refractivity contribution is -0.167. The summed E-state index contributed by atoms with van der Waals surface area (Å²) in [5.74, 6) is -0.936. The Morgan fingerprint density at radius 3 is 0.940 bits per heavy atom. The Bertz CT molecular complexity index is 1350. The van der Waals surface area contributed by atoms with Crippen LogP contribution in [0.5, 0.6) is 0 Å². The zero-order valence-corrected chi connectivity index (χ0v) is 43.6. The zero-order chi connectivity index (χ0) is 48.6. The van der Waals surface area contributed by atoms with E-state index in [0.29, 0.717) is 19.3 Å². The van der Waals surface area contributed by atoms with Crippen molar-refractivity contribution in [1.82, 2.24) is 0 Å². The van der Waals surface area contributed by atoms with Gasteiger partial charge in [-0.1, -0.05) is 214 Å². The van der Waals surface area contributed by atoms with Crippen molar-refractivity contribution in [2.45, 2.75) is 258 Å². The van der Waals surface area contributed by atoms with Gasteiger partial charge in [0.25, 0.3) is 0 Å². The van der Waals surface area contributed by atoms with Gasteiger partial charge < -0.3 is 14.2 Å². The summed E-state index contributed by atoms with van der Waals surface area (Å²) in [6.45, 7) is 6.38. The summed E-state index contributed by atoms with van der Waals surface area (Å²) >= 11 is 0. The van der Waals surface area contributed by atoms with Crippen LogP contribution in [0.25, 0.3) is 0 Å². The van der Waals surface area contributed by atoms with E-state index in [4.69, 9.17) is 14.2 Å². The van der Waals surface area contributed by atoms with Crippen molar-refractivity contribution in [2.75, 3.05) is 13.2 Å². The molecule has 1 atom stereocenters. The summed E-state index contributed by atoms with van der Waals surface area (Å²) in [5, 5.41) is 0. The second-order valence-corrected chi connectivity index (χ2v) is 18.1. The molecule has 0 aliphatic carbocycles. The number of allylic oxidation sites excluding steroid dienone is 16. The Morgan fingerprint density at radius 2 is 0.582 bits per heavy atom. The Hall–Kier alpha value is -3.67. The molecule has 0 aromatic carbocycles. The van der Waals surface area contributed by atoms with Crippen molar-refractivity contribution in [3.8, 4) is 0 Å². The van der Waals surface area contributed by atoms with Gasteiger partial charge in [-0.2, -0.15) is 0 Å². The molecule has 0 aromatic rings. The van der Waals surface area contributed by atoms with Crippen molar-refractivity contribution in [2.24, 2.45) is 0 Å². The second-order valence-electron chi connectivity index (χ2n) is 18.1. The highest BCUT2D eigenvalue weighted by Crippen LogP contribution is 2.14.